The van der Waals surface area contributed by atoms with Crippen molar-refractivity contribution in [1.29, 1.82) is 0 Å². The maximum absolute atomic E-state index is 13.3. The van der Waals surface area contributed by atoms with E-state index in [0.717, 1.165) is 41.7 Å². The fourth-order valence-electron chi connectivity index (χ4n) is 5.28. The number of para-hydroxylation sites is 1. The second-order valence-corrected chi connectivity index (χ2v) is 9.55. The summed E-state index contributed by atoms with van der Waals surface area (Å²) in [5.41, 5.74) is 2.66. The third kappa shape index (κ3) is 4.82. The number of nitrogens with zero attached hydrogens (tertiary/aromatic N) is 2. The van der Waals surface area contributed by atoms with Crippen LogP contribution in [0, 0.1) is 11.3 Å². The Labute approximate surface area is 197 Å². The summed E-state index contributed by atoms with van der Waals surface area (Å²) in [7, 11) is 5.30. The van der Waals surface area contributed by atoms with Gasteiger partial charge in [-0.1, -0.05) is 54.6 Å². The van der Waals surface area contributed by atoms with Crippen molar-refractivity contribution >= 4 is 11.8 Å². The van der Waals surface area contributed by atoms with Gasteiger partial charge in [-0.05, 0) is 49.3 Å². The topological polar surface area (TPSA) is 49.9 Å². The molecule has 1 heterocycles. The highest BCUT2D eigenvalue weighted by atomic mass is 16.5. The number of ether oxygens (including phenoxy) is 1. The van der Waals surface area contributed by atoms with E-state index >= 15 is 0 Å². The summed E-state index contributed by atoms with van der Waals surface area (Å²) in [6.45, 7) is 1.15. The van der Waals surface area contributed by atoms with E-state index in [0.29, 0.717) is 25.9 Å². The number of hydrogen-bond donors (Lipinski definition) is 0. The van der Waals surface area contributed by atoms with E-state index in [9.17, 15) is 9.59 Å². The number of carbonyl (C=O) groups is 2. The zero-order valence-corrected chi connectivity index (χ0v) is 19.9. The molecule has 5 nitrogen and oxygen atoms in total. The van der Waals surface area contributed by atoms with E-state index < -0.39 is 5.41 Å². The van der Waals surface area contributed by atoms with E-state index in [1.54, 1.807) is 12.0 Å². The van der Waals surface area contributed by atoms with Crippen LogP contribution >= 0.6 is 0 Å². The van der Waals surface area contributed by atoms with Gasteiger partial charge in [-0.15, -0.1) is 0 Å². The van der Waals surface area contributed by atoms with Crippen LogP contribution in [0.3, 0.4) is 0 Å². The van der Waals surface area contributed by atoms with E-state index in [4.69, 9.17) is 4.74 Å². The molecule has 0 unspecified atom stereocenters. The molecule has 174 valence electrons. The monoisotopic (exact) mass is 446 g/mol. The molecule has 1 fully saturated rings. The first-order valence-electron chi connectivity index (χ1n) is 11.8. The highest BCUT2D eigenvalue weighted by molar-refractivity contribution is 5.86. The van der Waals surface area contributed by atoms with Crippen molar-refractivity contribution in [3.63, 3.8) is 0 Å². The molecule has 0 bridgehead atoms. The standard InChI is InChI=1S/C28H34N2O3/c1-29(2)27(32)28(17-18-30(20-28)26(31)23-9-5-4-6-10-23)19-21-13-15-22(16-14-21)24-11-7-8-12-25(24)33-3/h4-5,7-8,11-16,23H,6,9-10,17-20H2,1-3H3/t23-,28+/m0/s1. The predicted octanol–water partition coefficient (Wildman–Crippen LogP) is 4.57. The lowest BCUT2D eigenvalue weighted by Crippen LogP contribution is -2.45. The molecule has 2 aromatic rings. The van der Waals surface area contributed by atoms with Gasteiger partial charge in [-0.2, -0.15) is 0 Å². The van der Waals surface area contributed by atoms with Crippen molar-refractivity contribution in [2.24, 2.45) is 11.3 Å². The summed E-state index contributed by atoms with van der Waals surface area (Å²) in [5.74, 6) is 1.21. The summed E-state index contributed by atoms with van der Waals surface area (Å²) in [6, 6.07) is 16.4. The average molecular weight is 447 g/mol. The molecule has 2 amide bonds. The van der Waals surface area contributed by atoms with Crippen molar-refractivity contribution in [2.75, 3.05) is 34.3 Å². The Hall–Kier alpha value is -3.08. The van der Waals surface area contributed by atoms with Gasteiger partial charge in [0.05, 0.1) is 12.5 Å². The van der Waals surface area contributed by atoms with Crippen molar-refractivity contribution in [1.82, 2.24) is 9.80 Å². The molecule has 0 aromatic heterocycles. The highest BCUT2D eigenvalue weighted by Crippen LogP contribution is 2.38. The number of carbonyl (C=O) groups excluding carboxylic acids is 2. The molecule has 2 aromatic carbocycles. The average Bonchev–Trinajstić information content (AvgIpc) is 3.29. The van der Waals surface area contributed by atoms with Crippen LogP contribution < -0.4 is 4.74 Å². The van der Waals surface area contributed by atoms with Crippen molar-refractivity contribution in [3.8, 4) is 16.9 Å². The molecule has 0 N–H and O–H groups in total. The number of benzene rings is 2. The Balaban J connectivity index is 1.54. The van der Waals surface area contributed by atoms with Gasteiger partial charge in [0.1, 0.15) is 5.75 Å². The third-order valence-corrected chi connectivity index (χ3v) is 7.06. The summed E-state index contributed by atoms with van der Waals surface area (Å²) < 4.78 is 5.50. The van der Waals surface area contributed by atoms with Crippen LogP contribution in [-0.2, 0) is 16.0 Å². The SMILES string of the molecule is COc1ccccc1-c1ccc(C[C@]2(C(=O)N(C)C)CCN(C(=O)[C@H]3CC=CCC3)C2)cc1. The van der Waals surface area contributed by atoms with Crippen molar-refractivity contribution in [2.45, 2.75) is 32.1 Å². The van der Waals surface area contributed by atoms with Crippen LogP contribution in [0.1, 0.15) is 31.2 Å². The Morgan fingerprint density at radius 3 is 2.52 bits per heavy atom. The fraction of sp³-hybridized carbons (Fsp3) is 0.429. The largest absolute Gasteiger partial charge is 0.496 e. The van der Waals surface area contributed by atoms with Gasteiger partial charge < -0.3 is 14.5 Å². The molecule has 5 heteroatoms. The number of methoxy groups -OCH3 is 1. The molecule has 1 aliphatic carbocycles. The second kappa shape index (κ2) is 9.82. The third-order valence-electron chi connectivity index (χ3n) is 7.06. The minimum atomic E-state index is -0.574. The first-order chi connectivity index (χ1) is 15.9. The van der Waals surface area contributed by atoms with Gasteiger partial charge in [-0.25, -0.2) is 0 Å². The second-order valence-electron chi connectivity index (χ2n) is 9.55. The quantitative estimate of drug-likeness (QED) is 0.611. The molecule has 0 spiro atoms. The molecule has 1 aliphatic heterocycles. The Morgan fingerprint density at radius 1 is 1.09 bits per heavy atom. The molecular weight excluding hydrogens is 412 g/mol. The first kappa shape index (κ1) is 23.1. The number of amides is 2. The van der Waals surface area contributed by atoms with Crippen LogP contribution in [0.5, 0.6) is 5.75 Å². The molecule has 1 saturated heterocycles. The van der Waals surface area contributed by atoms with Gasteiger partial charge >= 0.3 is 0 Å². The summed E-state index contributed by atoms with van der Waals surface area (Å²) in [4.78, 5) is 30.1. The normalized spacial score (nSPS) is 22.3. The molecular formula is C28H34N2O3. The van der Waals surface area contributed by atoms with E-state index in [-0.39, 0.29) is 17.7 Å². The Kier molecular flexibility index (Phi) is 6.87. The number of rotatable bonds is 6. The van der Waals surface area contributed by atoms with Crippen LogP contribution in [0.15, 0.2) is 60.7 Å². The fourth-order valence-corrected chi connectivity index (χ4v) is 5.28. The minimum Gasteiger partial charge on any atom is -0.496 e. The van der Waals surface area contributed by atoms with E-state index in [1.807, 2.05) is 43.3 Å². The maximum Gasteiger partial charge on any atom is 0.230 e. The lowest BCUT2D eigenvalue weighted by molar-refractivity contribution is -0.140. The Morgan fingerprint density at radius 2 is 1.85 bits per heavy atom. The van der Waals surface area contributed by atoms with Gasteiger partial charge in [0.15, 0.2) is 0 Å². The van der Waals surface area contributed by atoms with Crippen LogP contribution in [-0.4, -0.2) is 55.9 Å². The Bertz CT molecular complexity index is 1030. The lowest BCUT2D eigenvalue weighted by Gasteiger charge is -2.32. The smallest absolute Gasteiger partial charge is 0.230 e. The van der Waals surface area contributed by atoms with E-state index in [1.165, 1.54) is 0 Å². The minimum absolute atomic E-state index is 0.0559. The number of hydrogen-bond acceptors (Lipinski definition) is 3. The van der Waals surface area contributed by atoms with Crippen LogP contribution in [0.2, 0.25) is 0 Å². The highest BCUT2D eigenvalue weighted by Gasteiger charge is 2.47. The zero-order chi connectivity index (χ0) is 23.4. The lowest BCUT2D eigenvalue weighted by atomic mass is 9.79. The predicted molar refractivity (Wildman–Crippen MR) is 131 cm³/mol. The van der Waals surface area contributed by atoms with Gasteiger partial charge in [0.2, 0.25) is 11.8 Å². The molecule has 2 aliphatic rings. The maximum atomic E-state index is 13.3. The molecule has 2 atom stereocenters. The van der Waals surface area contributed by atoms with E-state index in [2.05, 4.69) is 36.4 Å². The number of allylic oxidation sites excluding steroid dienone is 2. The van der Waals surface area contributed by atoms with Crippen LogP contribution in [0.4, 0.5) is 0 Å². The van der Waals surface area contributed by atoms with Gasteiger partial charge in [-0.3, -0.25) is 9.59 Å². The van der Waals surface area contributed by atoms with Crippen LogP contribution in [0.25, 0.3) is 11.1 Å². The van der Waals surface area contributed by atoms with Crippen molar-refractivity contribution < 1.29 is 14.3 Å². The molecule has 0 saturated carbocycles. The first-order valence-corrected chi connectivity index (χ1v) is 11.8. The molecule has 33 heavy (non-hydrogen) atoms. The molecule has 4 rings (SSSR count). The van der Waals surface area contributed by atoms with Crippen molar-refractivity contribution in [3.05, 3.63) is 66.2 Å². The van der Waals surface area contributed by atoms with Gasteiger partial charge in [0.25, 0.3) is 0 Å². The summed E-state index contributed by atoms with van der Waals surface area (Å²) in [5, 5.41) is 0. The van der Waals surface area contributed by atoms with Gasteiger partial charge in [0, 0.05) is 38.7 Å². The number of likely N-dealkylation sites (tertiary alicyclic amines) is 1. The zero-order valence-electron chi connectivity index (χ0n) is 19.9. The summed E-state index contributed by atoms with van der Waals surface area (Å²) >= 11 is 0. The summed E-state index contributed by atoms with van der Waals surface area (Å²) in [6.07, 6.45) is 8.28. The molecule has 0 radical (unpaired) electrons.